The maximum atomic E-state index is 9.58. The first-order chi connectivity index (χ1) is 8.72. The van der Waals surface area contributed by atoms with Gasteiger partial charge in [-0.25, -0.2) is 0 Å². The van der Waals surface area contributed by atoms with Gasteiger partial charge in [0.25, 0.3) is 0 Å². The average Bonchev–Trinajstić information content (AvgIpc) is 2.39. The van der Waals surface area contributed by atoms with Crippen molar-refractivity contribution in [3.63, 3.8) is 0 Å². The highest BCUT2D eigenvalue weighted by Gasteiger charge is 2.07. The number of hydrogen-bond acceptors (Lipinski definition) is 5. The van der Waals surface area contributed by atoms with Gasteiger partial charge in [-0.1, -0.05) is 6.07 Å². The van der Waals surface area contributed by atoms with E-state index < -0.39 is 6.10 Å². The monoisotopic (exact) mass is 247 g/mol. The maximum absolute atomic E-state index is 9.58. The Morgan fingerprint density at radius 1 is 1.44 bits per heavy atom. The molecule has 18 heavy (non-hydrogen) atoms. The molecule has 1 aromatic carbocycles. The van der Waals surface area contributed by atoms with Crippen LogP contribution in [0.5, 0.6) is 0 Å². The van der Waals surface area contributed by atoms with Gasteiger partial charge < -0.3 is 20.9 Å². The smallest absolute Gasteiger partial charge is 0.0945 e. The number of hydrogen-bond donors (Lipinski definition) is 3. The number of aliphatic hydroxyl groups excluding tert-OH is 1. The van der Waals surface area contributed by atoms with Gasteiger partial charge in [0.1, 0.15) is 0 Å². The lowest BCUT2D eigenvalue weighted by atomic mass is 10.1. The Balaban J connectivity index is 2.16. The molecule has 0 amide bonds. The molecule has 0 aliphatic heterocycles. The maximum Gasteiger partial charge on any atom is 0.0945 e. The minimum absolute atomic E-state index is 0.296. The zero-order chi connectivity index (χ0) is 13.0. The predicted octanol–water partition coefficient (Wildman–Crippen LogP) is 1.24. The highest BCUT2D eigenvalue weighted by molar-refractivity contribution is 5.98. The SMILES string of the molecule is COCC(O)CNc1ccc2cnccc2c1N. The number of nitrogens with two attached hydrogens (primary N) is 1. The van der Waals surface area contributed by atoms with Crippen LogP contribution in [0.1, 0.15) is 0 Å². The number of aliphatic hydroxyl groups is 1. The van der Waals surface area contributed by atoms with Gasteiger partial charge in [-0.3, -0.25) is 4.98 Å². The van der Waals surface area contributed by atoms with Crippen molar-refractivity contribution in [2.24, 2.45) is 0 Å². The standard InChI is InChI=1S/C13H17N3O2/c1-18-8-10(17)7-16-12-3-2-9-6-15-5-4-11(9)13(12)14/h2-6,10,16-17H,7-8,14H2,1H3. The number of aromatic nitrogens is 1. The zero-order valence-electron chi connectivity index (χ0n) is 10.3. The summed E-state index contributed by atoms with van der Waals surface area (Å²) < 4.78 is 4.86. The Labute approximate surface area is 106 Å². The molecule has 1 heterocycles. The van der Waals surface area contributed by atoms with E-state index in [1.807, 2.05) is 18.2 Å². The molecule has 0 radical (unpaired) electrons. The average molecular weight is 247 g/mol. The molecule has 1 aromatic heterocycles. The molecular weight excluding hydrogens is 230 g/mol. The van der Waals surface area contributed by atoms with Gasteiger partial charge in [0.05, 0.1) is 24.1 Å². The molecule has 5 heteroatoms. The third kappa shape index (κ3) is 2.69. The fraction of sp³-hybridized carbons (Fsp3) is 0.308. The van der Waals surface area contributed by atoms with E-state index in [1.54, 1.807) is 19.5 Å². The fourth-order valence-corrected chi connectivity index (χ4v) is 1.83. The number of fused-ring (bicyclic) bond motifs is 1. The molecule has 0 bridgehead atoms. The van der Waals surface area contributed by atoms with Crippen molar-refractivity contribution in [2.45, 2.75) is 6.10 Å². The summed E-state index contributed by atoms with van der Waals surface area (Å²) in [5.74, 6) is 0. The van der Waals surface area contributed by atoms with Crippen LogP contribution in [0.25, 0.3) is 10.8 Å². The van der Waals surface area contributed by atoms with Crippen molar-refractivity contribution in [3.05, 3.63) is 30.6 Å². The second-order valence-corrected chi connectivity index (χ2v) is 4.11. The van der Waals surface area contributed by atoms with Crippen LogP contribution in [0.3, 0.4) is 0 Å². The van der Waals surface area contributed by atoms with E-state index in [1.165, 1.54) is 0 Å². The Bertz CT molecular complexity index is 531. The van der Waals surface area contributed by atoms with E-state index in [-0.39, 0.29) is 0 Å². The number of nitrogen functional groups attached to an aromatic ring is 1. The summed E-state index contributed by atoms with van der Waals surface area (Å²) in [6.45, 7) is 0.693. The highest BCUT2D eigenvalue weighted by atomic mass is 16.5. The molecule has 0 aliphatic rings. The Morgan fingerprint density at radius 2 is 2.28 bits per heavy atom. The van der Waals surface area contributed by atoms with Crippen LogP contribution in [0.2, 0.25) is 0 Å². The molecule has 5 nitrogen and oxygen atoms in total. The molecule has 0 fully saturated rings. The molecular formula is C13H17N3O2. The van der Waals surface area contributed by atoms with Crippen molar-refractivity contribution >= 4 is 22.1 Å². The molecule has 2 aromatic rings. The quantitative estimate of drug-likeness (QED) is 0.693. The lowest BCUT2D eigenvalue weighted by Gasteiger charge is -2.14. The number of rotatable bonds is 5. The van der Waals surface area contributed by atoms with Gasteiger partial charge in [-0.05, 0) is 12.1 Å². The normalized spacial score (nSPS) is 12.6. The van der Waals surface area contributed by atoms with Crippen LogP contribution in [0.4, 0.5) is 11.4 Å². The van der Waals surface area contributed by atoms with Crippen LogP contribution in [-0.4, -0.2) is 36.5 Å². The first-order valence-corrected chi connectivity index (χ1v) is 5.75. The van der Waals surface area contributed by atoms with E-state index >= 15 is 0 Å². The number of pyridine rings is 1. The molecule has 96 valence electrons. The minimum atomic E-state index is -0.553. The largest absolute Gasteiger partial charge is 0.397 e. The van der Waals surface area contributed by atoms with Gasteiger partial charge in [0.2, 0.25) is 0 Å². The number of anilines is 2. The Morgan fingerprint density at radius 3 is 3.06 bits per heavy atom. The third-order valence-corrected chi connectivity index (χ3v) is 2.75. The van der Waals surface area contributed by atoms with Crippen LogP contribution >= 0.6 is 0 Å². The topological polar surface area (TPSA) is 80.4 Å². The summed E-state index contributed by atoms with van der Waals surface area (Å²) in [5, 5.41) is 14.6. The summed E-state index contributed by atoms with van der Waals surface area (Å²) in [6, 6.07) is 5.71. The predicted molar refractivity (Wildman–Crippen MR) is 72.5 cm³/mol. The first-order valence-electron chi connectivity index (χ1n) is 5.75. The lowest BCUT2D eigenvalue weighted by molar-refractivity contribution is 0.0728. The van der Waals surface area contributed by atoms with E-state index in [4.69, 9.17) is 10.5 Å². The van der Waals surface area contributed by atoms with E-state index in [2.05, 4.69) is 10.3 Å². The van der Waals surface area contributed by atoms with Crippen LogP contribution in [0, 0.1) is 0 Å². The van der Waals surface area contributed by atoms with Gasteiger partial charge >= 0.3 is 0 Å². The lowest BCUT2D eigenvalue weighted by Crippen LogP contribution is -2.24. The molecule has 0 saturated heterocycles. The van der Waals surface area contributed by atoms with Gasteiger partial charge in [-0.2, -0.15) is 0 Å². The molecule has 1 unspecified atom stereocenters. The summed E-state index contributed by atoms with van der Waals surface area (Å²) >= 11 is 0. The van der Waals surface area contributed by atoms with Gasteiger partial charge in [-0.15, -0.1) is 0 Å². The number of ether oxygens (including phenoxy) is 1. The number of benzene rings is 1. The molecule has 1 atom stereocenters. The third-order valence-electron chi connectivity index (χ3n) is 2.75. The van der Waals surface area contributed by atoms with E-state index in [9.17, 15) is 5.11 Å². The minimum Gasteiger partial charge on any atom is -0.397 e. The number of nitrogens with zero attached hydrogens (tertiary/aromatic N) is 1. The van der Waals surface area contributed by atoms with E-state index in [0.29, 0.717) is 18.8 Å². The van der Waals surface area contributed by atoms with Crippen molar-refractivity contribution in [3.8, 4) is 0 Å². The second kappa shape index (κ2) is 5.66. The molecule has 0 aliphatic carbocycles. The van der Waals surface area contributed by atoms with Crippen molar-refractivity contribution in [1.82, 2.24) is 4.98 Å². The summed E-state index contributed by atoms with van der Waals surface area (Å²) in [7, 11) is 1.56. The summed E-state index contributed by atoms with van der Waals surface area (Å²) in [6.07, 6.45) is 2.93. The molecule has 2 rings (SSSR count). The second-order valence-electron chi connectivity index (χ2n) is 4.11. The molecule has 0 spiro atoms. The van der Waals surface area contributed by atoms with E-state index in [0.717, 1.165) is 16.5 Å². The van der Waals surface area contributed by atoms with Gasteiger partial charge in [0.15, 0.2) is 0 Å². The van der Waals surface area contributed by atoms with Crippen molar-refractivity contribution < 1.29 is 9.84 Å². The number of nitrogens with one attached hydrogen (secondary N) is 1. The van der Waals surface area contributed by atoms with Crippen LogP contribution in [0.15, 0.2) is 30.6 Å². The van der Waals surface area contributed by atoms with Gasteiger partial charge in [0, 0.05) is 36.8 Å². The number of methoxy groups -OCH3 is 1. The highest BCUT2D eigenvalue weighted by Crippen LogP contribution is 2.27. The van der Waals surface area contributed by atoms with Crippen LogP contribution in [-0.2, 0) is 4.74 Å². The summed E-state index contributed by atoms with van der Waals surface area (Å²) in [5.41, 5.74) is 7.55. The summed E-state index contributed by atoms with van der Waals surface area (Å²) in [4.78, 5) is 4.05. The fourth-order valence-electron chi connectivity index (χ4n) is 1.83. The Kier molecular flexibility index (Phi) is 3.96. The van der Waals surface area contributed by atoms with Crippen molar-refractivity contribution in [2.75, 3.05) is 31.3 Å². The van der Waals surface area contributed by atoms with Crippen LogP contribution < -0.4 is 11.1 Å². The molecule has 4 N–H and O–H groups in total. The molecule has 0 saturated carbocycles. The zero-order valence-corrected chi connectivity index (χ0v) is 10.3. The first kappa shape index (κ1) is 12.6. The Hall–Kier alpha value is -1.85. The van der Waals surface area contributed by atoms with Crippen molar-refractivity contribution in [1.29, 1.82) is 0 Å².